The number of para-hydroxylation sites is 1. The highest BCUT2D eigenvalue weighted by Gasteiger charge is 2.30. The molecule has 3 N–H and O–H groups in total. The van der Waals surface area contributed by atoms with Gasteiger partial charge in [0.1, 0.15) is 5.75 Å². The molecule has 5 nitrogen and oxygen atoms in total. The molecule has 37 heavy (non-hydrogen) atoms. The predicted octanol–water partition coefficient (Wildman–Crippen LogP) is 5.36. The second-order valence-corrected chi connectivity index (χ2v) is 9.22. The molecule has 0 aliphatic carbocycles. The number of benzene rings is 2. The van der Waals surface area contributed by atoms with E-state index >= 15 is 0 Å². The zero-order valence-electron chi connectivity index (χ0n) is 20.1. The van der Waals surface area contributed by atoms with Gasteiger partial charge in [-0.25, -0.2) is 0 Å². The lowest BCUT2D eigenvalue weighted by molar-refractivity contribution is -0.137. The molecule has 0 spiro atoms. The number of hydrogen-bond donors (Lipinski definition) is 3. The Bertz CT molecular complexity index is 1350. The van der Waals surface area contributed by atoms with Crippen molar-refractivity contribution in [3.63, 3.8) is 0 Å². The lowest BCUT2D eigenvalue weighted by Gasteiger charge is -2.17. The van der Waals surface area contributed by atoms with Crippen molar-refractivity contribution >= 4 is 11.1 Å². The summed E-state index contributed by atoms with van der Waals surface area (Å²) >= 11 is 0. The minimum atomic E-state index is -4.42. The van der Waals surface area contributed by atoms with E-state index in [0.717, 1.165) is 49.3 Å². The number of H-pyrrole nitrogens is 1. The third kappa shape index (κ3) is 6.03. The first-order chi connectivity index (χ1) is 17.9. The van der Waals surface area contributed by atoms with E-state index in [1.807, 2.05) is 48.6 Å². The average Bonchev–Trinajstić information content (AvgIpc) is 3.34. The molecule has 1 aromatic heterocycles. The van der Waals surface area contributed by atoms with Gasteiger partial charge in [0, 0.05) is 29.4 Å². The highest BCUT2D eigenvalue weighted by Crippen LogP contribution is 2.32. The van der Waals surface area contributed by atoms with Crippen LogP contribution in [0.5, 0.6) is 5.75 Å². The number of hydrogen-bond acceptors (Lipinski definition) is 4. The van der Waals surface area contributed by atoms with Crippen LogP contribution in [0, 0.1) is 0 Å². The van der Waals surface area contributed by atoms with Crippen LogP contribution in [0.15, 0.2) is 83.7 Å². The molecule has 8 heteroatoms. The van der Waals surface area contributed by atoms with Crippen LogP contribution in [0.3, 0.4) is 0 Å². The van der Waals surface area contributed by atoms with Gasteiger partial charge in [-0.2, -0.15) is 13.2 Å². The lowest BCUT2D eigenvalue weighted by Crippen LogP contribution is -2.32. The summed E-state index contributed by atoms with van der Waals surface area (Å²) in [7, 11) is 0. The number of aromatic nitrogens is 1. The third-order valence-corrected chi connectivity index (χ3v) is 6.66. The van der Waals surface area contributed by atoms with Crippen molar-refractivity contribution in [2.75, 3.05) is 13.1 Å². The van der Waals surface area contributed by atoms with Crippen molar-refractivity contribution in [2.24, 2.45) is 0 Å². The van der Waals surface area contributed by atoms with Crippen molar-refractivity contribution in [3.05, 3.63) is 112 Å². The molecular formula is C29H28F3N3O2. The SMILES string of the molecule is O=c1[nH]c(/C(=C/[C@H]2CCC(Oc3ccccc3)N2)c2ccc(C(F)(F)F)cc2)ccc1C1=CCNCC1. The first-order valence-electron chi connectivity index (χ1n) is 12.4. The Morgan fingerprint density at radius 3 is 2.43 bits per heavy atom. The van der Waals surface area contributed by atoms with Crippen LogP contribution >= 0.6 is 0 Å². The molecule has 2 atom stereocenters. The first kappa shape index (κ1) is 25.0. The van der Waals surface area contributed by atoms with Gasteiger partial charge in [0.25, 0.3) is 5.56 Å². The summed E-state index contributed by atoms with van der Waals surface area (Å²) in [5, 5.41) is 6.67. The topological polar surface area (TPSA) is 66.2 Å². The number of ether oxygens (including phenoxy) is 1. The standard InChI is InChI=1S/C29H28F3N3O2/c30-29(31,32)21-8-6-19(7-9-21)25(18-22-10-13-27(34-22)37-23-4-2-1-3-5-23)26-12-11-24(28(36)35-26)20-14-16-33-17-15-20/h1-9,11-12,14,18,22,27,33-34H,10,13,15-17H2,(H,35,36)/b25-18+/t22-,27?/m1/s1. The van der Waals surface area contributed by atoms with E-state index in [4.69, 9.17) is 4.74 Å². The van der Waals surface area contributed by atoms with Gasteiger partial charge in [-0.3, -0.25) is 10.1 Å². The summed E-state index contributed by atoms with van der Waals surface area (Å²) in [6.07, 6.45) is 1.68. The maximum atomic E-state index is 13.2. The van der Waals surface area contributed by atoms with E-state index < -0.39 is 11.7 Å². The predicted molar refractivity (Wildman–Crippen MR) is 138 cm³/mol. The summed E-state index contributed by atoms with van der Waals surface area (Å²) in [5.41, 5.74) is 2.48. The number of rotatable bonds is 6. The summed E-state index contributed by atoms with van der Waals surface area (Å²) in [5.74, 6) is 0.764. The van der Waals surface area contributed by atoms with Crippen LogP contribution in [0.25, 0.3) is 11.1 Å². The van der Waals surface area contributed by atoms with Gasteiger partial charge in [0.05, 0.1) is 5.56 Å². The normalized spacial score (nSPS) is 20.5. The van der Waals surface area contributed by atoms with Crippen molar-refractivity contribution in [3.8, 4) is 5.75 Å². The number of aromatic amines is 1. The van der Waals surface area contributed by atoms with Gasteiger partial charge in [-0.1, -0.05) is 42.5 Å². The minimum absolute atomic E-state index is 0.0821. The maximum absolute atomic E-state index is 13.2. The smallest absolute Gasteiger partial charge is 0.416 e. The molecule has 2 aliphatic rings. The van der Waals surface area contributed by atoms with Gasteiger partial charge in [-0.15, -0.1) is 0 Å². The Morgan fingerprint density at radius 1 is 0.973 bits per heavy atom. The molecule has 3 aromatic rings. The lowest BCUT2D eigenvalue weighted by atomic mass is 9.96. The van der Waals surface area contributed by atoms with Gasteiger partial charge in [-0.05, 0) is 73.3 Å². The number of halogens is 3. The van der Waals surface area contributed by atoms with E-state index in [1.54, 1.807) is 6.07 Å². The van der Waals surface area contributed by atoms with E-state index in [1.165, 1.54) is 12.1 Å². The van der Waals surface area contributed by atoms with E-state index in [-0.39, 0.29) is 17.8 Å². The Hall–Kier alpha value is -3.62. The van der Waals surface area contributed by atoms with Crippen LogP contribution < -0.4 is 20.9 Å². The second kappa shape index (κ2) is 10.8. The fourth-order valence-electron chi connectivity index (χ4n) is 4.76. The monoisotopic (exact) mass is 507 g/mol. The molecule has 0 radical (unpaired) electrons. The summed E-state index contributed by atoms with van der Waals surface area (Å²) < 4.78 is 45.5. The summed E-state index contributed by atoms with van der Waals surface area (Å²) in [4.78, 5) is 16.0. The molecule has 5 rings (SSSR count). The number of pyridine rings is 1. The molecule has 0 amide bonds. The second-order valence-electron chi connectivity index (χ2n) is 9.22. The Kier molecular flexibility index (Phi) is 7.30. The fraction of sp³-hybridized carbons (Fsp3) is 0.276. The molecule has 1 saturated heterocycles. The third-order valence-electron chi connectivity index (χ3n) is 6.66. The van der Waals surface area contributed by atoms with Crippen LogP contribution in [0.4, 0.5) is 13.2 Å². The van der Waals surface area contributed by atoms with Crippen LogP contribution in [0.1, 0.15) is 41.6 Å². The van der Waals surface area contributed by atoms with Crippen molar-refractivity contribution in [1.82, 2.24) is 15.6 Å². The molecule has 0 saturated carbocycles. The average molecular weight is 508 g/mol. The number of nitrogens with one attached hydrogen (secondary N) is 3. The Balaban J connectivity index is 1.45. The first-order valence-corrected chi connectivity index (χ1v) is 12.4. The Morgan fingerprint density at radius 2 is 1.76 bits per heavy atom. The van der Waals surface area contributed by atoms with Crippen molar-refractivity contribution < 1.29 is 17.9 Å². The summed E-state index contributed by atoms with van der Waals surface area (Å²) in [6, 6.07) is 18.1. The quantitative estimate of drug-likeness (QED) is 0.420. The van der Waals surface area contributed by atoms with Crippen molar-refractivity contribution in [2.45, 2.75) is 37.7 Å². The Labute approximate surface area is 213 Å². The molecule has 1 fully saturated rings. The summed E-state index contributed by atoms with van der Waals surface area (Å²) in [6.45, 7) is 1.52. The fourth-order valence-corrected chi connectivity index (χ4v) is 4.76. The largest absolute Gasteiger partial charge is 0.475 e. The van der Waals surface area contributed by atoms with Gasteiger partial charge >= 0.3 is 6.18 Å². The molecule has 192 valence electrons. The van der Waals surface area contributed by atoms with E-state index in [2.05, 4.69) is 15.6 Å². The van der Waals surface area contributed by atoms with Gasteiger partial charge in [0.15, 0.2) is 6.23 Å². The zero-order valence-corrected chi connectivity index (χ0v) is 20.1. The van der Waals surface area contributed by atoms with E-state index in [9.17, 15) is 18.0 Å². The highest BCUT2D eigenvalue weighted by molar-refractivity contribution is 5.79. The van der Waals surface area contributed by atoms with Crippen LogP contribution in [-0.2, 0) is 6.18 Å². The zero-order chi connectivity index (χ0) is 25.8. The number of alkyl halides is 3. The van der Waals surface area contributed by atoms with E-state index in [0.29, 0.717) is 28.9 Å². The van der Waals surface area contributed by atoms with Gasteiger partial charge in [0.2, 0.25) is 0 Å². The molecule has 0 bridgehead atoms. The molecular weight excluding hydrogens is 479 g/mol. The molecule has 2 aromatic carbocycles. The van der Waals surface area contributed by atoms with Gasteiger partial charge < -0.3 is 15.0 Å². The maximum Gasteiger partial charge on any atom is 0.416 e. The van der Waals surface area contributed by atoms with Crippen LogP contribution in [0.2, 0.25) is 0 Å². The van der Waals surface area contributed by atoms with Crippen LogP contribution in [-0.4, -0.2) is 30.3 Å². The molecule has 3 heterocycles. The molecule has 2 aliphatic heterocycles. The minimum Gasteiger partial charge on any atom is -0.475 e. The van der Waals surface area contributed by atoms with Crippen molar-refractivity contribution in [1.29, 1.82) is 0 Å². The molecule has 1 unspecified atom stereocenters. The highest BCUT2D eigenvalue weighted by atomic mass is 19.4.